The Morgan fingerprint density at radius 1 is 1.10 bits per heavy atom. The van der Waals surface area contributed by atoms with Crippen molar-refractivity contribution in [2.75, 3.05) is 0 Å². The van der Waals surface area contributed by atoms with Gasteiger partial charge < -0.3 is 5.73 Å². The van der Waals surface area contributed by atoms with Crippen LogP contribution in [0.25, 0.3) is 0 Å². The summed E-state index contributed by atoms with van der Waals surface area (Å²) >= 11 is 1.60. The summed E-state index contributed by atoms with van der Waals surface area (Å²) in [7, 11) is 0. The lowest BCUT2D eigenvalue weighted by atomic mass is 10.1. The number of hydrogen-bond acceptors (Lipinski definition) is 4. The van der Waals surface area contributed by atoms with Gasteiger partial charge in [0.2, 0.25) is 0 Å². The summed E-state index contributed by atoms with van der Waals surface area (Å²) < 4.78 is 0. The molecule has 20 heavy (non-hydrogen) atoms. The molecule has 0 saturated carbocycles. The highest BCUT2D eigenvalue weighted by Gasteiger charge is 2.04. The summed E-state index contributed by atoms with van der Waals surface area (Å²) in [5, 5.41) is 0.806. The number of benzene rings is 1. The minimum Gasteiger partial charge on any atom is -0.327 e. The van der Waals surface area contributed by atoms with Crippen molar-refractivity contribution in [3.8, 4) is 0 Å². The first-order valence-electron chi connectivity index (χ1n) is 6.91. The van der Waals surface area contributed by atoms with E-state index in [-0.39, 0.29) is 6.04 Å². The third kappa shape index (κ3) is 4.32. The highest BCUT2D eigenvalue weighted by molar-refractivity contribution is 7.99. The van der Waals surface area contributed by atoms with Crippen molar-refractivity contribution in [2.45, 2.75) is 49.7 Å². The molecule has 0 bridgehead atoms. The summed E-state index contributed by atoms with van der Waals surface area (Å²) in [5.74, 6) is 0. The Hall–Kier alpha value is -1.39. The molecule has 106 valence electrons. The minimum absolute atomic E-state index is 0.247. The molecule has 1 aromatic carbocycles. The molecule has 2 N–H and O–H groups in total. The van der Waals surface area contributed by atoms with Crippen LogP contribution in [0.1, 0.15) is 30.3 Å². The third-order valence-electron chi connectivity index (χ3n) is 3.12. The highest BCUT2D eigenvalue weighted by atomic mass is 32.2. The Bertz CT molecular complexity index is 546. The Labute approximate surface area is 125 Å². The second-order valence-electron chi connectivity index (χ2n) is 5.05. The number of nitrogens with two attached hydrogens (primary N) is 1. The Kier molecular flexibility index (Phi) is 5.15. The molecule has 1 atom stereocenters. The van der Waals surface area contributed by atoms with E-state index in [1.807, 2.05) is 19.9 Å². The maximum Gasteiger partial charge on any atom is 0.192 e. The molecule has 0 aliphatic rings. The van der Waals surface area contributed by atoms with Crippen LogP contribution in [-0.4, -0.2) is 16.0 Å². The molecular weight excluding hydrogens is 266 g/mol. The SMILES string of the molecule is CCC(N)Cc1ccc(Sc2nc(C)cc(C)n2)cc1. The van der Waals surface area contributed by atoms with Gasteiger partial charge in [-0.05, 0) is 62.2 Å². The van der Waals surface area contributed by atoms with Crippen LogP contribution in [0.5, 0.6) is 0 Å². The van der Waals surface area contributed by atoms with E-state index >= 15 is 0 Å². The minimum atomic E-state index is 0.247. The molecule has 0 saturated heterocycles. The monoisotopic (exact) mass is 287 g/mol. The zero-order chi connectivity index (χ0) is 14.5. The second-order valence-corrected chi connectivity index (χ2v) is 6.09. The maximum atomic E-state index is 5.97. The van der Waals surface area contributed by atoms with Gasteiger partial charge in [0.15, 0.2) is 5.16 Å². The van der Waals surface area contributed by atoms with Gasteiger partial charge in [-0.3, -0.25) is 0 Å². The highest BCUT2D eigenvalue weighted by Crippen LogP contribution is 2.25. The molecule has 1 unspecified atom stereocenters. The van der Waals surface area contributed by atoms with Crippen LogP contribution in [-0.2, 0) is 6.42 Å². The molecule has 0 aliphatic carbocycles. The summed E-state index contributed by atoms with van der Waals surface area (Å²) in [5.41, 5.74) is 9.27. The summed E-state index contributed by atoms with van der Waals surface area (Å²) in [4.78, 5) is 10.0. The standard InChI is InChI=1S/C16H21N3S/c1-4-14(17)10-13-5-7-15(8-6-13)20-16-18-11(2)9-12(3)19-16/h5-9,14H,4,10,17H2,1-3H3. The van der Waals surface area contributed by atoms with E-state index in [2.05, 4.69) is 41.2 Å². The van der Waals surface area contributed by atoms with Crippen molar-refractivity contribution >= 4 is 11.8 Å². The molecular formula is C16H21N3S. The van der Waals surface area contributed by atoms with E-state index in [1.54, 1.807) is 11.8 Å². The molecule has 0 spiro atoms. The number of rotatable bonds is 5. The molecule has 1 heterocycles. The van der Waals surface area contributed by atoms with Crippen LogP contribution in [0.3, 0.4) is 0 Å². The van der Waals surface area contributed by atoms with E-state index < -0.39 is 0 Å². The number of nitrogens with zero attached hydrogens (tertiary/aromatic N) is 2. The quantitative estimate of drug-likeness (QED) is 0.855. The third-order valence-corrected chi connectivity index (χ3v) is 3.99. The zero-order valence-corrected chi connectivity index (χ0v) is 13.1. The molecule has 0 amide bonds. The number of aryl methyl sites for hydroxylation is 2. The molecule has 0 radical (unpaired) electrons. The molecule has 1 aromatic heterocycles. The van der Waals surface area contributed by atoms with Gasteiger partial charge in [-0.2, -0.15) is 0 Å². The van der Waals surface area contributed by atoms with Gasteiger partial charge in [0.1, 0.15) is 0 Å². The summed E-state index contributed by atoms with van der Waals surface area (Å²) in [6.07, 6.45) is 1.94. The summed E-state index contributed by atoms with van der Waals surface area (Å²) in [6.45, 7) is 6.11. The lowest BCUT2D eigenvalue weighted by Crippen LogP contribution is -2.21. The lowest BCUT2D eigenvalue weighted by molar-refractivity contribution is 0.646. The van der Waals surface area contributed by atoms with Crippen molar-refractivity contribution in [2.24, 2.45) is 5.73 Å². The fourth-order valence-electron chi connectivity index (χ4n) is 1.99. The second kappa shape index (κ2) is 6.86. The Morgan fingerprint density at radius 3 is 2.25 bits per heavy atom. The average molecular weight is 287 g/mol. The first kappa shape index (κ1) is 15.0. The average Bonchev–Trinajstić information content (AvgIpc) is 2.39. The normalized spacial score (nSPS) is 12.4. The van der Waals surface area contributed by atoms with Gasteiger partial charge >= 0.3 is 0 Å². The van der Waals surface area contributed by atoms with Crippen LogP contribution in [0.15, 0.2) is 40.4 Å². The molecule has 2 rings (SSSR count). The van der Waals surface area contributed by atoms with Crippen molar-refractivity contribution in [1.29, 1.82) is 0 Å². The smallest absolute Gasteiger partial charge is 0.192 e. The summed E-state index contributed by atoms with van der Waals surface area (Å²) in [6, 6.07) is 10.7. The van der Waals surface area contributed by atoms with Crippen molar-refractivity contribution in [1.82, 2.24) is 9.97 Å². The van der Waals surface area contributed by atoms with Gasteiger partial charge in [0, 0.05) is 22.3 Å². The van der Waals surface area contributed by atoms with E-state index in [9.17, 15) is 0 Å². The first-order valence-corrected chi connectivity index (χ1v) is 7.73. The molecule has 3 nitrogen and oxygen atoms in total. The van der Waals surface area contributed by atoms with Gasteiger partial charge in [-0.1, -0.05) is 19.1 Å². The Balaban J connectivity index is 2.06. The largest absolute Gasteiger partial charge is 0.327 e. The fourth-order valence-corrected chi connectivity index (χ4v) is 2.85. The lowest BCUT2D eigenvalue weighted by Gasteiger charge is -2.09. The van der Waals surface area contributed by atoms with Crippen molar-refractivity contribution < 1.29 is 0 Å². The van der Waals surface area contributed by atoms with Crippen LogP contribution in [0.2, 0.25) is 0 Å². The molecule has 0 aliphatic heterocycles. The molecule has 4 heteroatoms. The van der Waals surface area contributed by atoms with Crippen LogP contribution >= 0.6 is 11.8 Å². The van der Waals surface area contributed by atoms with Gasteiger partial charge in [-0.25, -0.2) is 9.97 Å². The van der Waals surface area contributed by atoms with E-state index in [4.69, 9.17) is 5.73 Å². The van der Waals surface area contributed by atoms with E-state index in [0.29, 0.717) is 0 Å². The zero-order valence-electron chi connectivity index (χ0n) is 12.3. The van der Waals surface area contributed by atoms with Gasteiger partial charge in [0.25, 0.3) is 0 Å². The van der Waals surface area contributed by atoms with Crippen LogP contribution in [0, 0.1) is 13.8 Å². The van der Waals surface area contributed by atoms with E-state index in [1.165, 1.54) is 5.56 Å². The molecule has 2 aromatic rings. The topological polar surface area (TPSA) is 51.8 Å². The van der Waals surface area contributed by atoms with E-state index in [0.717, 1.165) is 34.3 Å². The molecule has 0 fully saturated rings. The van der Waals surface area contributed by atoms with Crippen LogP contribution in [0.4, 0.5) is 0 Å². The number of aromatic nitrogens is 2. The number of hydrogen-bond donors (Lipinski definition) is 1. The van der Waals surface area contributed by atoms with Gasteiger partial charge in [-0.15, -0.1) is 0 Å². The van der Waals surface area contributed by atoms with Crippen molar-refractivity contribution in [3.63, 3.8) is 0 Å². The van der Waals surface area contributed by atoms with Crippen molar-refractivity contribution in [3.05, 3.63) is 47.3 Å². The predicted molar refractivity (Wildman–Crippen MR) is 84.0 cm³/mol. The van der Waals surface area contributed by atoms with Gasteiger partial charge in [0.05, 0.1) is 0 Å². The Morgan fingerprint density at radius 2 is 1.70 bits per heavy atom. The first-order chi connectivity index (χ1) is 9.56. The maximum absolute atomic E-state index is 5.97. The van der Waals surface area contributed by atoms with Crippen LogP contribution < -0.4 is 5.73 Å². The predicted octanol–water partition coefficient (Wildman–Crippen LogP) is 3.52. The fraction of sp³-hybridized carbons (Fsp3) is 0.375.